The quantitative estimate of drug-likeness (QED) is 0.864. The van der Waals surface area contributed by atoms with Crippen LogP contribution in [0, 0.1) is 6.92 Å². The molecule has 2 saturated heterocycles. The lowest BCUT2D eigenvalue weighted by Gasteiger charge is -2.38. The molecule has 0 radical (unpaired) electrons. The van der Waals surface area contributed by atoms with Crippen molar-refractivity contribution in [2.24, 2.45) is 0 Å². The fourth-order valence-corrected chi connectivity index (χ4v) is 3.95. The highest BCUT2D eigenvalue weighted by molar-refractivity contribution is 5.75. The van der Waals surface area contributed by atoms with E-state index in [1.54, 1.807) is 10.9 Å². The summed E-state index contributed by atoms with van der Waals surface area (Å²) in [5.74, 6) is 0.0738. The van der Waals surface area contributed by atoms with E-state index in [1.807, 2.05) is 18.0 Å². The van der Waals surface area contributed by atoms with Gasteiger partial charge in [0.15, 0.2) is 0 Å². The van der Waals surface area contributed by atoms with Crippen LogP contribution in [0.2, 0.25) is 0 Å². The number of aromatic nitrogens is 2. The minimum atomic E-state index is -0.391. The van der Waals surface area contributed by atoms with Crippen LogP contribution in [0.1, 0.15) is 31.2 Å². The molecule has 140 valence electrons. The number of hydrogen-bond acceptors (Lipinski definition) is 5. The minimum Gasteiger partial charge on any atom is -0.391 e. The summed E-state index contributed by atoms with van der Waals surface area (Å²) in [6, 6.07) is 0.565. The molecule has 2 atom stereocenters. The second-order valence-corrected chi connectivity index (χ2v) is 7.32. The molecular weight excluding hydrogens is 320 g/mol. The van der Waals surface area contributed by atoms with E-state index in [-0.39, 0.29) is 18.5 Å². The van der Waals surface area contributed by atoms with Gasteiger partial charge in [-0.05, 0) is 45.2 Å². The molecular formula is C18H30N4O3. The molecule has 3 heterocycles. The lowest BCUT2D eigenvalue weighted by molar-refractivity contribution is -0.132. The minimum absolute atomic E-state index is 0.0738. The van der Waals surface area contributed by atoms with Gasteiger partial charge in [-0.15, -0.1) is 0 Å². The molecule has 0 saturated carbocycles. The SMILES string of the molecule is Cc1cnn(CC(=O)N2CC[C@H](O)[C@@H](N(C)C3CCOCC3)CC2)c1. The molecule has 0 bridgehead atoms. The van der Waals surface area contributed by atoms with Crippen molar-refractivity contribution in [2.45, 2.75) is 57.3 Å². The molecule has 2 aliphatic heterocycles. The highest BCUT2D eigenvalue weighted by Gasteiger charge is 2.33. The Bertz CT molecular complexity index is 570. The van der Waals surface area contributed by atoms with Gasteiger partial charge in [0.25, 0.3) is 0 Å². The molecule has 1 aromatic heterocycles. The first-order chi connectivity index (χ1) is 12.0. The average Bonchev–Trinajstić information content (AvgIpc) is 2.92. The number of ether oxygens (including phenoxy) is 1. The van der Waals surface area contributed by atoms with E-state index < -0.39 is 6.10 Å². The number of carbonyl (C=O) groups is 1. The summed E-state index contributed by atoms with van der Waals surface area (Å²) in [5.41, 5.74) is 1.05. The summed E-state index contributed by atoms with van der Waals surface area (Å²) in [6.45, 7) is 5.13. The third-order valence-electron chi connectivity index (χ3n) is 5.54. The number of carbonyl (C=O) groups excluding carboxylic acids is 1. The van der Waals surface area contributed by atoms with Gasteiger partial charge in [-0.2, -0.15) is 5.10 Å². The molecule has 7 nitrogen and oxygen atoms in total. The van der Waals surface area contributed by atoms with Crippen molar-refractivity contribution in [3.05, 3.63) is 18.0 Å². The van der Waals surface area contributed by atoms with Crippen molar-refractivity contribution in [3.8, 4) is 0 Å². The van der Waals surface area contributed by atoms with Crippen LogP contribution in [0.25, 0.3) is 0 Å². The van der Waals surface area contributed by atoms with E-state index >= 15 is 0 Å². The number of aliphatic hydroxyl groups excluding tert-OH is 1. The maximum absolute atomic E-state index is 12.6. The third-order valence-corrected chi connectivity index (χ3v) is 5.54. The summed E-state index contributed by atoms with van der Waals surface area (Å²) >= 11 is 0. The topological polar surface area (TPSA) is 70.8 Å². The van der Waals surface area contributed by atoms with Crippen molar-refractivity contribution in [2.75, 3.05) is 33.4 Å². The number of nitrogens with zero attached hydrogens (tertiary/aromatic N) is 4. The Morgan fingerprint density at radius 3 is 2.72 bits per heavy atom. The molecule has 2 fully saturated rings. The van der Waals surface area contributed by atoms with Crippen molar-refractivity contribution in [1.29, 1.82) is 0 Å². The van der Waals surface area contributed by atoms with Crippen molar-refractivity contribution < 1.29 is 14.6 Å². The highest BCUT2D eigenvalue weighted by Crippen LogP contribution is 2.23. The van der Waals surface area contributed by atoms with Gasteiger partial charge in [0.05, 0.1) is 12.3 Å². The maximum atomic E-state index is 12.6. The molecule has 0 aromatic carbocycles. The zero-order valence-electron chi connectivity index (χ0n) is 15.3. The largest absolute Gasteiger partial charge is 0.391 e. The van der Waals surface area contributed by atoms with Crippen LogP contribution in [0.15, 0.2) is 12.4 Å². The molecule has 0 unspecified atom stereocenters. The van der Waals surface area contributed by atoms with Gasteiger partial charge in [0, 0.05) is 44.6 Å². The van der Waals surface area contributed by atoms with Crippen LogP contribution in [-0.4, -0.2) is 82.1 Å². The van der Waals surface area contributed by atoms with Gasteiger partial charge in [0.1, 0.15) is 6.54 Å². The Kier molecular flexibility index (Phi) is 6.09. The molecule has 0 aliphatic carbocycles. The number of likely N-dealkylation sites (N-methyl/N-ethyl adjacent to an activating group) is 1. The van der Waals surface area contributed by atoms with Crippen LogP contribution in [0.3, 0.4) is 0 Å². The van der Waals surface area contributed by atoms with E-state index in [1.165, 1.54) is 0 Å². The summed E-state index contributed by atoms with van der Waals surface area (Å²) < 4.78 is 7.13. The molecule has 1 N–H and O–H groups in total. The van der Waals surface area contributed by atoms with Crippen LogP contribution in [0.4, 0.5) is 0 Å². The van der Waals surface area contributed by atoms with Crippen LogP contribution < -0.4 is 0 Å². The van der Waals surface area contributed by atoms with Gasteiger partial charge in [-0.1, -0.05) is 0 Å². The Balaban J connectivity index is 1.57. The average molecular weight is 350 g/mol. The van der Waals surface area contributed by atoms with Gasteiger partial charge in [0.2, 0.25) is 5.91 Å². The van der Waals surface area contributed by atoms with Gasteiger partial charge >= 0.3 is 0 Å². The Labute approximate surface area is 149 Å². The zero-order valence-corrected chi connectivity index (χ0v) is 15.3. The number of aryl methyl sites for hydroxylation is 1. The number of likely N-dealkylation sites (tertiary alicyclic amines) is 1. The third kappa shape index (κ3) is 4.59. The van der Waals surface area contributed by atoms with Crippen LogP contribution >= 0.6 is 0 Å². The van der Waals surface area contributed by atoms with Crippen LogP contribution in [0.5, 0.6) is 0 Å². The highest BCUT2D eigenvalue weighted by atomic mass is 16.5. The van der Waals surface area contributed by atoms with Gasteiger partial charge < -0.3 is 14.7 Å². The molecule has 1 amide bonds. The van der Waals surface area contributed by atoms with E-state index in [9.17, 15) is 9.90 Å². The predicted octanol–water partition coefficient (Wildman–Crippen LogP) is 0.654. The summed E-state index contributed by atoms with van der Waals surface area (Å²) in [6.07, 6.45) is 6.71. The number of hydrogen-bond donors (Lipinski definition) is 1. The molecule has 3 rings (SSSR count). The first-order valence-electron chi connectivity index (χ1n) is 9.29. The van der Waals surface area contributed by atoms with Gasteiger partial charge in [-0.25, -0.2) is 0 Å². The second-order valence-electron chi connectivity index (χ2n) is 7.32. The Hall–Kier alpha value is -1.44. The first kappa shape index (κ1) is 18.4. The number of amides is 1. The Morgan fingerprint density at radius 2 is 2.04 bits per heavy atom. The van der Waals surface area contributed by atoms with E-state index in [2.05, 4.69) is 17.0 Å². The predicted molar refractivity (Wildman–Crippen MR) is 94.2 cm³/mol. The van der Waals surface area contributed by atoms with E-state index in [4.69, 9.17) is 4.74 Å². The summed E-state index contributed by atoms with van der Waals surface area (Å²) in [5, 5.41) is 14.8. The fraction of sp³-hybridized carbons (Fsp3) is 0.778. The van der Waals surface area contributed by atoms with Crippen molar-refractivity contribution in [1.82, 2.24) is 19.6 Å². The number of aliphatic hydroxyl groups is 1. The first-order valence-corrected chi connectivity index (χ1v) is 9.29. The molecule has 25 heavy (non-hydrogen) atoms. The summed E-state index contributed by atoms with van der Waals surface area (Å²) in [7, 11) is 2.11. The number of rotatable bonds is 4. The maximum Gasteiger partial charge on any atom is 0.244 e. The normalized spacial score (nSPS) is 26.0. The standard InChI is InChI=1S/C18H30N4O3/c1-14-11-19-22(12-14)13-18(24)21-7-3-16(17(23)4-8-21)20(2)15-5-9-25-10-6-15/h11-12,15-17,23H,3-10,13H2,1-2H3/t16-,17-/m0/s1. The lowest BCUT2D eigenvalue weighted by atomic mass is 9.99. The second kappa shape index (κ2) is 8.29. The van der Waals surface area contributed by atoms with Crippen molar-refractivity contribution >= 4 is 5.91 Å². The van der Waals surface area contributed by atoms with Gasteiger partial charge in [-0.3, -0.25) is 14.4 Å². The Morgan fingerprint density at radius 1 is 1.32 bits per heavy atom. The van der Waals surface area contributed by atoms with E-state index in [0.717, 1.165) is 38.0 Å². The fourth-order valence-electron chi connectivity index (χ4n) is 3.95. The summed E-state index contributed by atoms with van der Waals surface area (Å²) in [4.78, 5) is 16.8. The zero-order chi connectivity index (χ0) is 17.8. The lowest BCUT2D eigenvalue weighted by Crippen LogP contribution is -2.48. The monoisotopic (exact) mass is 350 g/mol. The molecule has 7 heteroatoms. The molecule has 1 aromatic rings. The van der Waals surface area contributed by atoms with E-state index in [0.29, 0.717) is 25.6 Å². The van der Waals surface area contributed by atoms with Crippen LogP contribution in [-0.2, 0) is 16.1 Å². The smallest absolute Gasteiger partial charge is 0.244 e. The molecule has 0 spiro atoms. The van der Waals surface area contributed by atoms with Crippen molar-refractivity contribution in [3.63, 3.8) is 0 Å². The molecule has 2 aliphatic rings.